The highest BCUT2D eigenvalue weighted by atomic mass is 19.2. The Kier molecular flexibility index (Phi) is 4.23. The van der Waals surface area contributed by atoms with Crippen molar-refractivity contribution in [3.05, 3.63) is 70.8 Å². The molecule has 4 heteroatoms. The Morgan fingerprint density at radius 3 is 2.63 bits per heavy atom. The number of halogens is 2. The molecule has 0 N–H and O–H groups in total. The third kappa shape index (κ3) is 3.61. The molecule has 0 fully saturated rings. The van der Waals surface area contributed by atoms with E-state index < -0.39 is 11.6 Å². The van der Waals surface area contributed by atoms with Crippen molar-refractivity contribution in [2.45, 2.75) is 13.5 Å². The van der Waals surface area contributed by atoms with Gasteiger partial charge in [0.1, 0.15) is 12.8 Å². The summed E-state index contributed by atoms with van der Waals surface area (Å²) in [6, 6.07) is 11.2. The van der Waals surface area contributed by atoms with Gasteiger partial charge in [0.15, 0.2) is 11.6 Å². The highest BCUT2D eigenvalue weighted by molar-refractivity contribution is 5.81. The zero-order valence-corrected chi connectivity index (χ0v) is 10.4. The Bertz CT molecular complexity index is 596. The SMILES string of the molecule is Cc1ccccc1/[C]=N\OCc1ccc(F)c(F)c1. The van der Waals surface area contributed by atoms with Crippen LogP contribution in [-0.4, -0.2) is 6.21 Å². The maximum absolute atomic E-state index is 12.9. The lowest BCUT2D eigenvalue weighted by Crippen LogP contribution is -1.92. The predicted octanol–water partition coefficient (Wildman–Crippen LogP) is 3.70. The molecular formula is C15H12F2NO. The number of aryl methyl sites for hydroxylation is 1. The molecule has 2 rings (SSSR count). The summed E-state index contributed by atoms with van der Waals surface area (Å²) in [5.41, 5.74) is 2.37. The van der Waals surface area contributed by atoms with Gasteiger partial charge in [0, 0.05) is 5.56 Å². The van der Waals surface area contributed by atoms with Gasteiger partial charge in [-0.2, -0.15) is 0 Å². The fourth-order valence-electron chi connectivity index (χ4n) is 1.52. The van der Waals surface area contributed by atoms with Crippen molar-refractivity contribution < 1.29 is 13.6 Å². The molecule has 0 bridgehead atoms. The summed E-state index contributed by atoms with van der Waals surface area (Å²) in [5.74, 6) is -1.77. The van der Waals surface area contributed by atoms with Crippen molar-refractivity contribution in [1.29, 1.82) is 0 Å². The molecule has 0 aromatic heterocycles. The van der Waals surface area contributed by atoms with Gasteiger partial charge < -0.3 is 4.84 Å². The first-order valence-corrected chi connectivity index (χ1v) is 5.74. The Morgan fingerprint density at radius 2 is 1.89 bits per heavy atom. The van der Waals surface area contributed by atoms with Crippen LogP contribution in [0.25, 0.3) is 0 Å². The molecule has 0 spiro atoms. The highest BCUT2D eigenvalue weighted by Crippen LogP contribution is 2.10. The number of hydrogen-bond acceptors (Lipinski definition) is 2. The van der Waals surface area contributed by atoms with Crippen molar-refractivity contribution in [2.75, 3.05) is 0 Å². The van der Waals surface area contributed by atoms with Crippen LogP contribution in [0.3, 0.4) is 0 Å². The van der Waals surface area contributed by atoms with Crippen LogP contribution in [0, 0.1) is 18.6 Å². The normalized spacial score (nSPS) is 10.9. The van der Waals surface area contributed by atoms with Gasteiger partial charge in [-0.15, -0.1) is 0 Å². The second-order valence-electron chi connectivity index (χ2n) is 4.04. The zero-order valence-electron chi connectivity index (χ0n) is 10.4. The Morgan fingerprint density at radius 1 is 1.11 bits per heavy atom. The standard InChI is InChI=1S/C15H12F2NO/c1-11-4-2-3-5-13(11)9-18-19-10-12-6-7-14(16)15(17)8-12/h2-8H,10H2,1H3. The first-order chi connectivity index (χ1) is 9.16. The molecule has 2 nitrogen and oxygen atoms in total. The zero-order chi connectivity index (χ0) is 13.7. The molecule has 0 saturated heterocycles. The fourth-order valence-corrected chi connectivity index (χ4v) is 1.52. The number of hydrogen-bond donors (Lipinski definition) is 0. The third-order valence-corrected chi connectivity index (χ3v) is 2.59. The molecule has 2 aromatic rings. The number of benzene rings is 2. The average molecular weight is 260 g/mol. The van der Waals surface area contributed by atoms with Crippen molar-refractivity contribution >= 4 is 6.21 Å². The fraction of sp³-hybridized carbons (Fsp3) is 0.133. The van der Waals surface area contributed by atoms with E-state index in [9.17, 15) is 8.78 Å². The Labute approximate surface area is 110 Å². The van der Waals surface area contributed by atoms with Crippen LogP contribution >= 0.6 is 0 Å². The first kappa shape index (κ1) is 13.2. The van der Waals surface area contributed by atoms with Crippen LogP contribution in [-0.2, 0) is 11.4 Å². The molecule has 97 valence electrons. The van der Waals surface area contributed by atoms with E-state index in [-0.39, 0.29) is 6.61 Å². The highest BCUT2D eigenvalue weighted by Gasteiger charge is 2.02. The second kappa shape index (κ2) is 6.09. The maximum atomic E-state index is 12.9. The topological polar surface area (TPSA) is 21.6 Å². The summed E-state index contributed by atoms with van der Waals surface area (Å²) in [7, 11) is 0. The average Bonchev–Trinajstić information content (AvgIpc) is 2.40. The van der Waals surface area contributed by atoms with E-state index in [1.807, 2.05) is 31.2 Å². The van der Waals surface area contributed by atoms with Crippen LogP contribution in [0.2, 0.25) is 0 Å². The molecule has 2 aromatic carbocycles. The summed E-state index contributed by atoms with van der Waals surface area (Å²) in [5, 5.41) is 3.68. The van der Waals surface area contributed by atoms with Gasteiger partial charge in [-0.25, -0.2) is 8.78 Å². The van der Waals surface area contributed by atoms with Crippen LogP contribution in [0.4, 0.5) is 8.78 Å². The molecular weight excluding hydrogens is 248 g/mol. The van der Waals surface area contributed by atoms with Gasteiger partial charge in [-0.3, -0.25) is 0 Å². The smallest absolute Gasteiger partial charge is 0.159 e. The van der Waals surface area contributed by atoms with Gasteiger partial charge >= 0.3 is 0 Å². The molecule has 0 aliphatic carbocycles. The minimum absolute atomic E-state index is 0.0656. The minimum Gasteiger partial charge on any atom is -0.390 e. The molecule has 0 unspecified atom stereocenters. The van der Waals surface area contributed by atoms with Crippen LogP contribution in [0.15, 0.2) is 47.6 Å². The quantitative estimate of drug-likeness (QED) is 0.606. The Hall–Kier alpha value is -2.23. The van der Waals surface area contributed by atoms with E-state index in [1.165, 1.54) is 6.07 Å². The van der Waals surface area contributed by atoms with Crippen LogP contribution in [0.5, 0.6) is 0 Å². The summed E-state index contributed by atoms with van der Waals surface area (Å²) in [6.07, 6.45) is 2.74. The van der Waals surface area contributed by atoms with Gasteiger partial charge in [-0.1, -0.05) is 35.5 Å². The molecule has 0 amide bonds. The van der Waals surface area contributed by atoms with Gasteiger partial charge in [0.25, 0.3) is 0 Å². The molecule has 1 radical (unpaired) electrons. The summed E-state index contributed by atoms with van der Waals surface area (Å²) in [4.78, 5) is 5.00. The third-order valence-electron chi connectivity index (χ3n) is 2.59. The summed E-state index contributed by atoms with van der Waals surface area (Å²) < 4.78 is 25.6. The Balaban J connectivity index is 1.93. The van der Waals surface area contributed by atoms with E-state index >= 15 is 0 Å². The lowest BCUT2D eigenvalue weighted by molar-refractivity contribution is 0.132. The molecule has 0 atom stereocenters. The van der Waals surface area contributed by atoms with E-state index in [4.69, 9.17) is 4.84 Å². The van der Waals surface area contributed by atoms with E-state index in [2.05, 4.69) is 11.4 Å². The summed E-state index contributed by atoms with van der Waals surface area (Å²) in [6.45, 7) is 2.00. The molecule has 19 heavy (non-hydrogen) atoms. The second-order valence-corrected chi connectivity index (χ2v) is 4.04. The number of nitrogens with zero attached hydrogens (tertiary/aromatic N) is 1. The van der Waals surface area contributed by atoms with Gasteiger partial charge in [0.05, 0.1) is 0 Å². The van der Waals surface area contributed by atoms with Crippen LogP contribution < -0.4 is 0 Å². The van der Waals surface area contributed by atoms with Crippen molar-refractivity contribution in [3.8, 4) is 0 Å². The van der Waals surface area contributed by atoms with E-state index in [0.29, 0.717) is 5.56 Å². The lowest BCUT2D eigenvalue weighted by atomic mass is 10.1. The molecule has 0 heterocycles. The molecule has 0 aliphatic heterocycles. The van der Waals surface area contributed by atoms with Crippen molar-refractivity contribution in [2.24, 2.45) is 5.16 Å². The van der Waals surface area contributed by atoms with Crippen molar-refractivity contribution in [3.63, 3.8) is 0 Å². The lowest BCUT2D eigenvalue weighted by Gasteiger charge is -2.01. The number of rotatable bonds is 4. The molecule has 0 saturated carbocycles. The minimum atomic E-state index is -0.895. The van der Waals surface area contributed by atoms with E-state index in [1.54, 1.807) is 0 Å². The first-order valence-electron chi connectivity index (χ1n) is 5.74. The largest absolute Gasteiger partial charge is 0.390 e. The monoisotopic (exact) mass is 260 g/mol. The molecule has 0 aliphatic rings. The summed E-state index contributed by atoms with van der Waals surface area (Å²) >= 11 is 0. The maximum Gasteiger partial charge on any atom is 0.159 e. The van der Waals surface area contributed by atoms with Gasteiger partial charge in [0.2, 0.25) is 0 Å². The van der Waals surface area contributed by atoms with E-state index in [0.717, 1.165) is 23.3 Å². The predicted molar refractivity (Wildman–Crippen MR) is 68.9 cm³/mol. The van der Waals surface area contributed by atoms with Crippen molar-refractivity contribution in [1.82, 2.24) is 0 Å². The van der Waals surface area contributed by atoms with Crippen LogP contribution in [0.1, 0.15) is 16.7 Å². The van der Waals surface area contributed by atoms with Gasteiger partial charge in [-0.05, 0) is 30.2 Å².